The number of rotatable bonds is 3. The van der Waals surface area contributed by atoms with Crippen LogP contribution in [0.5, 0.6) is 0 Å². The molecule has 1 heterocycles. The average Bonchev–Trinajstić information content (AvgIpc) is 2.35. The highest BCUT2D eigenvalue weighted by molar-refractivity contribution is 7.99. The van der Waals surface area contributed by atoms with Gasteiger partial charge in [-0.05, 0) is 42.2 Å². The van der Waals surface area contributed by atoms with Crippen molar-refractivity contribution >= 4 is 35.0 Å². The third kappa shape index (κ3) is 3.81. The summed E-state index contributed by atoms with van der Waals surface area (Å²) >= 11 is 14.1. The van der Waals surface area contributed by atoms with Crippen molar-refractivity contribution in [3.63, 3.8) is 0 Å². The molecule has 2 rings (SSSR count). The molecule has 1 fully saturated rings. The summed E-state index contributed by atoms with van der Waals surface area (Å²) in [5.41, 5.74) is 1.55. The van der Waals surface area contributed by atoms with Gasteiger partial charge in [-0.15, -0.1) is 0 Å². The van der Waals surface area contributed by atoms with E-state index in [1.54, 1.807) is 0 Å². The molecule has 0 amide bonds. The molecule has 19 heavy (non-hydrogen) atoms. The van der Waals surface area contributed by atoms with Crippen LogP contribution in [0, 0.1) is 5.41 Å². The van der Waals surface area contributed by atoms with Gasteiger partial charge in [-0.1, -0.05) is 43.1 Å². The van der Waals surface area contributed by atoms with Gasteiger partial charge in [0.15, 0.2) is 0 Å². The van der Waals surface area contributed by atoms with Crippen LogP contribution in [0.2, 0.25) is 10.0 Å². The summed E-state index contributed by atoms with van der Waals surface area (Å²) in [6.45, 7) is 6.90. The van der Waals surface area contributed by atoms with Crippen LogP contribution in [0.25, 0.3) is 0 Å². The summed E-state index contributed by atoms with van der Waals surface area (Å²) in [4.78, 5) is 0. The first-order valence-corrected chi connectivity index (χ1v) is 8.60. The largest absolute Gasteiger partial charge is 0.306 e. The fourth-order valence-electron chi connectivity index (χ4n) is 2.39. The summed E-state index contributed by atoms with van der Waals surface area (Å²) in [5, 5.41) is 5.00. The van der Waals surface area contributed by atoms with Gasteiger partial charge < -0.3 is 5.32 Å². The zero-order chi connectivity index (χ0) is 14.0. The van der Waals surface area contributed by atoms with Crippen LogP contribution in [0.1, 0.15) is 38.8 Å². The third-order valence-corrected chi connectivity index (χ3v) is 5.81. The van der Waals surface area contributed by atoms with Crippen LogP contribution in [-0.4, -0.2) is 17.5 Å². The van der Waals surface area contributed by atoms with Gasteiger partial charge in [0.1, 0.15) is 0 Å². The van der Waals surface area contributed by atoms with E-state index < -0.39 is 0 Å². The van der Waals surface area contributed by atoms with Crippen molar-refractivity contribution in [1.29, 1.82) is 0 Å². The molecule has 0 aliphatic carbocycles. The van der Waals surface area contributed by atoms with E-state index in [4.69, 9.17) is 23.2 Å². The Morgan fingerprint density at radius 3 is 2.68 bits per heavy atom. The Balaban J connectivity index is 2.07. The molecule has 106 valence electrons. The van der Waals surface area contributed by atoms with Crippen LogP contribution >= 0.6 is 35.0 Å². The molecular formula is C15H21Cl2NS. The van der Waals surface area contributed by atoms with E-state index in [1.165, 1.54) is 23.5 Å². The van der Waals surface area contributed by atoms with Gasteiger partial charge in [-0.25, -0.2) is 0 Å². The second-order valence-electron chi connectivity index (χ2n) is 5.93. The Kier molecular flexibility index (Phi) is 5.10. The molecule has 4 heteroatoms. The van der Waals surface area contributed by atoms with Crippen molar-refractivity contribution < 1.29 is 0 Å². The number of hydrogen-bond donors (Lipinski definition) is 1. The van der Waals surface area contributed by atoms with Gasteiger partial charge in [0, 0.05) is 17.8 Å². The highest BCUT2D eigenvalue weighted by atomic mass is 35.5. The lowest BCUT2D eigenvalue weighted by atomic mass is 9.81. The molecule has 1 aliphatic rings. The lowest BCUT2D eigenvalue weighted by Crippen LogP contribution is -2.47. The predicted octanol–water partition coefficient (Wildman–Crippen LogP) is 5.18. The Morgan fingerprint density at radius 2 is 2.05 bits per heavy atom. The van der Waals surface area contributed by atoms with Gasteiger partial charge in [0.05, 0.1) is 10.0 Å². The third-order valence-electron chi connectivity index (χ3n) is 4.01. The first kappa shape index (κ1) is 15.5. The minimum Gasteiger partial charge on any atom is -0.306 e. The van der Waals surface area contributed by atoms with E-state index in [0.29, 0.717) is 21.5 Å². The molecule has 1 aromatic rings. The van der Waals surface area contributed by atoms with Crippen LogP contribution in [0.3, 0.4) is 0 Å². The number of nitrogens with one attached hydrogen (secondary N) is 1. The normalized spacial score (nSPS) is 24.2. The van der Waals surface area contributed by atoms with Crippen molar-refractivity contribution in [2.75, 3.05) is 11.5 Å². The zero-order valence-electron chi connectivity index (χ0n) is 11.7. The van der Waals surface area contributed by atoms with Crippen LogP contribution in [0.4, 0.5) is 0 Å². The molecule has 1 aliphatic heterocycles. The summed E-state index contributed by atoms with van der Waals surface area (Å²) in [5.74, 6) is 2.45. The van der Waals surface area contributed by atoms with E-state index in [-0.39, 0.29) is 6.04 Å². The number of hydrogen-bond acceptors (Lipinski definition) is 2. The van der Waals surface area contributed by atoms with Crippen molar-refractivity contribution in [3.8, 4) is 0 Å². The van der Waals surface area contributed by atoms with Crippen LogP contribution < -0.4 is 5.32 Å². The van der Waals surface area contributed by atoms with Gasteiger partial charge in [0.2, 0.25) is 0 Å². The summed E-state index contributed by atoms with van der Waals surface area (Å²) in [6.07, 6.45) is 1.27. The maximum atomic E-state index is 6.09. The molecular weight excluding hydrogens is 297 g/mol. The smallest absolute Gasteiger partial charge is 0.0595 e. The van der Waals surface area contributed by atoms with E-state index in [9.17, 15) is 0 Å². The molecule has 0 bridgehead atoms. The quantitative estimate of drug-likeness (QED) is 0.824. The molecule has 1 saturated heterocycles. The molecule has 0 spiro atoms. The zero-order valence-corrected chi connectivity index (χ0v) is 14.0. The molecule has 1 aromatic carbocycles. The molecule has 2 unspecified atom stereocenters. The Bertz CT molecular complexity index is 448. The topological polar surface area (TPSA) is 12.0 Å². The lowest BCUT2D eigenvalue weighted by molar-refractivity contribution is 0.232. The fraction of sp³-hybridized carbons (Fsp3) is 0.600. The second-order valence-corrected chi connectivity index (χ2v) is 7.89. The van der Waals surface area contributed by atoms with E-state index in [2.05, 4.69) is 32.2 Å². The predicted molar refractivity (Wildman–Crippen MR) is 87.5 cm³/mol. The minimum absolute atomic E-state index is 0.290. The standard InChI is InChI=1S/C15H21Cl2NS/c1-10(11-4-5-12(16)13(17)8-11)18-14-9-19-7-6-15(14,2)3/h4-5,8,10,14,18H,6-7,9H2,1-3H3. The first-order chi connectivity index (χ1) is 8.90. The second kappa shape index (κ2) is 6.26. The monoisotopic (exact) mass is 317 g/mol. The Labute approximate surface area is 130 Å². The fourth-order valence-corrected chi connectivity index (χ4v) is 4.32. The molecule has 1 nitrogen and oxygen atoms in total. The highest BCUT2D eigenvalue weighted by Crippen LogP contribution is 2.35. The van der Waals surface area contributed by atoms with Gasteiger partial charge in [-0.2, -0.15) is 11.8 Å². The SMILES string of the molecule is CC(NC1CSCCC1(C)C)c1ccc(Cl)c(Cl)c1. The number of halogens is 2. The van der Waals surface area contributed by atoms with E-state index >= 15 is 0 Å². The van der Waals surface area contributed by atoms with E-state index in [0.717, 1.165) is 0 Å². The first-order valence-electron chi connectivity index (χ1n) is 6.69. The van der Waals surface area contributed by atoms with Crippen LogP contribution in [-0.2, 0) is 0 Å². The molecule has 2 atom stereocenters. The molecule has 0 radical (unpaired) electrons. The summed E-state index contributed by atoms with van der Waals surface area (Å²) < 4.78 is 0. The number of benzene rings is 1. The minimum atomic E-state index is 0.290. The maximum Gasteiger partial charge on any atom is 0.0595 e. The number of thioether (sulfide) groups is 1. The Morgan fingerprint density at radius 1 is 1.32 bits per heavy atom. The molecule has 0 saturated carbocycles. The average molecular weight is 318 g/mol. The van der Waals surface area contributed by atoms with Crippen molar-refractivity contribution in [2.45, 2.75) is 39.3 Å². The van der Waals surface area contributed by atoms with Crippen molar-refractivity contribution in [2.24, 2.45) is 5.41 Å². The Hall–Kier alpha value is 0.110. The van der Waals surface area contributed by atoms with Gasteiger partial charge in [-0.3, -0.25) is 0 Å². The van der Waals surface area contributed by atoms with Gasteiger partial charge >= 0.3 is 0 Å². The van der Waals surface area contributed by atoms with E-state index in [1.807, 2.05) is 23.9 Å². The summed E-state index contributed by atoms with van der Waals surface area (Å²) in [6, 6.07) is 6.71. The van der Waals surface area contributed by atoms with Crippen molar-refractivity contribution in [1.82, 2.24) is 5.32 Å². The van der Waals surface area contributed by atoms with Crippen molar-refractivity contribution in [3.05, 3.63) is 33.8 Å². The molecule has 1 N–H and O–H groups in total. The summed E-state index contributed by atoms with van der Waals surface area (Å²) in [7, 11) is 0. The lowest BCUT2D eigenvalue weighted by Gasteiger charge is -2.40. The van der Waals surface area contributed by atoms with Crippen LogP contribution in [0.15, 0.2) is 18.2 Å². The maximum absolute atomic E-state index is 6.09. The van der Waals surface area contributed by atoms with Gasteiger partial charge in [0.25, 0.3) is 0 Å². The molecule has 0 aromatic heterocycles. The highest BCUT2D eigenvalue weighted by Gasteiger charge is 2.33.